The molecule has 1 aromatic carbocycles. The molecule has 0 aliphatic rings. The first-order chi connectivity index (χ1) is 19.2. The van der Waals surface area contributed by atoms with Crippen molar-refractivity contribution in [3.05, 3.63) is 36.4 Å². The Hall–Kier alpha value is -3.47. The normalized spacial score (nSPS) is 10.3. The third-order valence-electron chi connectivity index (χ3n) is 4.76. The lowest BCUT2D eigenvalue weighted by Gasteiger charge is -2.19. The number of hydrogen-bond acceptors (Lipinski definition) is 7. The number of nitrogens with zero attached hydrogens (tertiary/aromatic N) is 1. The zero-order valence-electron chi connectivity index (χ0n) is 26.3. The first kappa shape index (κ1) is 42.0. The number of carbonyl (C=O) groups is 3. The molecule has 0 saturated carbocycles. The van der Waals surface area contributed by atoms with Gasteiger partial charge in [0.1, 0.15) is 11.6 Å². The number of aliphatic hydroxyl groups is 1. The van der Waals surface area contributed by atoms with Crippen molar-refractivity contribution < 1.29 is 19.5 Å². The Labute approximate surface area is 252 Å². The van der Waals surface area contributed by atoms with Crippen molar-refractivity contribution in [2.75, 3.05) is 42.3 Å². The van der Waals surface area contributed by atoms with Crippen LogP contribution < -0.4 is 21.3 Å². The lowest BCUT2D eigenvalue weighted by Crippen LogP contribution is -2.41. The van der Waals surface area contributed by atoms with Crippen LogP contribution in [0, 0.1) is 35.0 Å². The molecule has 0 bridgehead atoms. The van der Waals surface area contributed by atoms with Gasteiger partial charge in [-0.25, -0.2) is 0 Å². The molecular weight excluding hydrogens is 538 g/mol. The lowest BCUT2D eigenvalue weighted by molar-refractivity contribution is -0.123. The second-order valence-corrected chi connectivity index (χ2v) is 10.8. The highest BCUT2D eigenvalue weighted by Gasteiger charge is 2.21. The molecule has 1 rings (SSSR count). The van der Waals surface area contributed by atoms with Crippen LogP contribution in [-0.4, -0.2) is 60.6 Å². The van der Waals surface area contributed by atoms with Crippen LogP contribution in [0.4, 0.5) is 11.4 Å². The van der Waals surface area contributed by atoms with E-state index in [-0.39, 0.29) is 41.4 Å². The number of nitriles is 1. The van der Waals surface area contributed by atoms with Gasteiger partial charge in [0.2, 0.25) is 11.8 Å². The molecule has 0 heterocycles. The number of terminal acetylenes is 1. The van der Waals surface area contributed by atoms with Crippen LogP contribution in [0.2, 0.25) is 0 Å². The molecule has 1 aromatic rings. The highest BCUT2D eigenvalue weighted by Crippen LogP contribution is 2.19. The summed E-state index contributed by atoms with van der Waals surface area (Å²) < 4.78 is 0. The molecule has 0 radical (unpaired) electrons. The largest absolute Gasteiger partial charge is 0.394 e. The molecule has 0 aliphatic heterocycles. The van der Waals surface area contributed by atoms with Gasteiger partial charge in [0.25, 0.3) is 5.91 Å². The maximum absolute atomic E-state index is 11.8. The van der Waals surface area contributed by atoms with Gasteiger partial charge < -0.3 is 26.4 Å². The Bertz CT molecular complexity index is 983. The summed E-state index contributed by atoms with van der Waals surface area (Å²) in [7, 11) is 0. The van der Waals surface area contributed by atoms with Crippen LogP contribution in [0.15, 0.2) is 36.4 Å². The number of aliphatic hydroxyl groups excluding tert-OH is 1. The van der Waals surface area contributed by atoms with Crippen molar-refractivity contribution in [3.63, 3.8) is 0 Å². The molecule has 230 valence electrons. The van der Waals surface area contributed by atoms with Crippen LogP contribution in [0.25, 0.3) is 0 Å². The van der Waals surface area contributed by atoms with Crippen LogP contribution in [-0.2, 0) is 14.4 Å². The van der Waals surface area contributed by atoms with E-state index in [4.69, 9.17) is 10.4 Å². The summed E-state index contributed by atoms with van der Waals surface area (Å²) in [4.78, 5) is 33.4. The van der Waals surface area contributed by atoms with Gasteiger partial charge in [-0.1, -0.05) is 54.2 Å². The fraction of sp³-hybridized carbons (Fsp3) is 0.548. The number of rotatable bonds is 11. The Balaban J connectivity index is -0.000000533. The van der Waals surface area contributed by atoms with Crippen molar-refractivity contribution in [1.29, 1.82) is 5.26 Å². The van der Waals surface area contributed by atoms with Crippen LogP contribution in [0.1, 0.15) is 61.8 Å². The molecule has 1 atom stereocenters. The van der Waals surface area contributed by atoms with E-state index >= 15 is 0 Å². The van der Waals surface area contributed by atoms with Crippen molar-refractivity contribution in [2.45, 2.75) is 67.9 Å². The molecule has 3 amide bonds. The van der Waals surface area contributed by atoms with E-state index < -0.39 is 5.91 Å². The molecule has 0 aliphatic carbocycles. The summed E-state index contributed by atoms with van der Waals surface area (Å²) >= 11 is 1.54. The SMILES string of the molecule is C#CC.C=C(C#N)C(=O)NC(CO)C(C)C.CCCNc1cccc(NC(=O)C(C)(C)C)c1.CCNC(=O)CSC. The highest BCUT2D eigenvalue weighted by molar-refractivity contribution is 7.99. The topological polar surface area (TPSA) is 143 Å². The van der Waals surface area contributed by atoms with E-state index in [2.05, 4.69) is 47.1 Å². The molecule has 41 heavy (non-hydrogen) atoms. The summed E-state index contributed by atoms with van der Waals surface area (Å²) in [5.41, 5.74) is 1.37. The lowest BCUT2D eigenvalue weighted by atomic mass is 9.95. The Morgan fingerprint density at radius 1 is 1.17 bits per heavy atom. The molecule has 0 spiro atoms. The third-order valence-corrected chi connectivity index (χ3v) is 5.31. The molecule has 0 aromatic heterocycles. The zero-order valence-corrected chi connectivity index (χ0v) is 27.1. The first-order valence-electron chi connectivity index (χ1n) is 13.5. The van der Waals surface area contributed by atoms with E-state index in [1.54, 1.807) is 13.0 Å². The van der Waals surface area contributed by atoms with E-state index in [1.807, 2.05) is 72.1 Å². The number of anilines is 2. The second-order valence-electron chi connectivity index (χ2n) is 9.98. The van der Waals surface area contributed by atoms with Crippen molar-refractivity contribution >= 4 is 40.9 Å². The van der Waals surface area contributed by atoms with Gasteiger partial charge in [0, 0.05) is 29.9 Å². The van der Waals surface area contributed by atoms with Crippen molar-refractivity contribution in [2.24, 2.45) is 11.3 Å². The van der Waals surface area contributed by atoms with E-state index in [0.717, 1.165) is 30.9 Å². The minimum absolute atomic E-state index is 0.0325. The molecular formula is C31H51N5O4S. The molecule has 0 fully saturated rings. The van der Waals surface area contributed by atoms with Gasteiger partial charge >= 0.3 is 0 Å². The van der Waals surface area contributed by atoms with Gasteiger partial charge in [-0.05, 0) is 50.6 Å². The molecule has 1 unspecified atom stereocenters. The Morgan fingerprint density at radius 2 is 1.73 bits per heavy atom. The van der Waals surface area contributed by atoms with Crippen LogP contribution in [0.3, 0.4) is 0 Å². The van der Waals surface area contributed by atoms with E-state index in [9.17, 15) is 14.4 Å². The first-order valence-corrected chi connectivity index (χ1v) is 14.9. The van der Waals surface area contributed by atoms with Crippen LogP contribution >= 0.6 is 11.8 Å². The number of thioether (sulfide) groups is 1. The van der Waals surface area contributed by atoms with Crippen molar-refractivity contribution in [1.82, 2.24) is 10.6 Å². The monoisotopic (exact) mass is 589 g/mol. The minimum Gasteiger partial charge on any atom is -0.394 e. The van der Waals surface area contributed by atoms with Crippen LogP contribution in [0.5, 0.6) is 0 Å². The average Bonchev–Trinajstić information content (AvgIpc) is 2.91. The van der Waals surface area contributed by atoms with Gasteiger partial charge in [0.15, 0.2) is 0 Å². The molecule has 9 nitrogen and oxygen atoms in total. The van der Waals surface area contributed by atoms with Crippen molar-refractivity contribution in [3.8, 4) is 18.4 Å². The number of amides is 3. The predicted octanol–water partition coefficient (Wildman–Crippen LogP) is 4.82. The maximum atomic E-state index is 11.8. The summed E-state index contributed by atoms with van der Waals surface area (Å²) in [6.45, 7) is 20.0. The van der Waals surface area contributed by atoms with Gasteiger partial charge in [0.05, 0.1) is 18.4 Å². The fourth-order valence-electron chi connectivity index (χ4n) is 2.40. The maximum Gasteiger partial charge on any atom is 0.261 e. The minimum atomic E-state index is -0.518. The van der Waals surface area contributed by atoms with E-state index in [1.165, 1.54) is 11.8 Å². The fourth-order valence-corrected chi connectivity index (χ4v) is 2.77. The van der Waals surface area contributed by atoms with Gasteiger partial charge in [-0.15, -0.1) is 12.3 Å². The number of carbonyl (C=O) groups excluding carboxylic acids is 3. The summed E-state index contributed by atoms with van der Waals surface area (Å²) in [6.07, 6.45) is 7.59. The third kappa shape index (κ3) is 24.1. The number of benzene rings is 1. The Kier molecular flexibility index (Phi) is 26.1. The van der Waals surface area contributed by atoms with Gasteiger partial charge in [-0.3, -0.25) is 14.4 Å². The smallest absolute Gasteiger partial charge is 0.261 e. The average molecular weight is 590 g/mol. The standard InChI is InChI=1S/C14H22N2O.C9H14N2O2.C5H11NOS.C3H4/c1-5-9-15-11-7-6-8-12(10-11)16-13(17)14(2,3)4;1-6(2)8(5-12)11-9(13)7(3)4-10;1-3-6-5(7)4-8-2;1-3-2/h6-8,10,15H,5,9H2,1-4H3,(H,16,17);6,8,12H,3,5H2,1-2H3,(H,11,13);3-4H2,1-2H3,(H,6,7);1H,2H3. The predicted molar refractivity (Wildman–Crippen MR) is 173 cm³/mol. The zero-order chi connectivity index (χ0) is 32.4. The number of hydrogen-bond donors (Lipinski definition) is 5. The quantitative estimate of drug-likeness (QED) is 0.141. The summed E-state index contributed by atoms with van der Waals surface area (Å²) in [5, 5.41) is 28.6. The summed E-state index contributed by atoms with van der Waals surface area (Å²) in [6, 6.07) is 9.13. The molecule has 10 heteroatoms. The second kappa shape index (κ2) is 25.5. The highest BCUT2D eigenvalue weighted by atomic mass is 32.2. The Morgan fingerprint density at radius 3 is 2.15 bits per heavy atom. The van der Waals surface area contributed by atoms with Gasteiger partial charge in [-0.2, -0.15) is 17.0 Å². The number of nitrogens with one attached hydrogen (secondary N) is 4. The molecule has 0 saturated heterocycles. The van der Waals surface area contributed by atoms with E-state index in [0.29, 0.717) is 5.75 Å². The summed E-state index contributed by atoms with van der Waals surface area (Å²) in [5.74, 6) is 2.59. The molecule has 5 N–H and O–H groups in total.